The molecular weight excluding hydrogens is 276 g/mol. The highest BCUT2D eigenvalue weighted by Crippen LogP contribution is 2.26. The van der Waals surface area contributed by atoms with Gasteiger partial charge in [0.15, 0.2) is 0 Å². The Morgan fingerprint density at radius 2 is 2.00 bits per heavy atom. The zero-order valence-electron chi connectivity index (χ0n) is 9.49. The van der Waals surface area contributed by atoms with Crippen LogP contribution in [0.2, 0.25) is 0 Å². The van der Waals surface area contributed by atoms with E-state index in [2.05, 4.69) is 28.2 Å². The molecule has 0 aromatic heterocycles. The summed E-state index contributed by atoms with van der Waals surface area (Å²) in [5.74, 6) is -0.795. The maximum Gasteiger partial charge on any atom is 0.137 e. The second kappa shape index (κ2) is 6.30. The third-order valence-electron chi connectivity index (χ3n) is 2.61. The lowest BCUT2D eigenvalue weighted by molar-refractivity contribution is 0.484. The van der Waals surface area contributed by atoms with Gasteiger partial charge in [-0.2, -0.15) is 0 Å². The molecule has 0 bridgehead atoms. The van der Waals surface area contributed by atoms with Crippen LogP contribution in [0.1, 0.15) is 37.8 Å². The fourth-order valence-electron chi connectivity index (χ4n) is 1.67. The van der Waals surface area contributed by atoms with Gasteiger partial charge in [0.2, 0.25) is 0 Å². The Hall–Kier alpha value is -0.480. The Morgan fingerprint density at radius 3 is 2.56 bits per heavy atom. The number of hydrogen-bond donors (Lipinski definition) is 1. The summed E-state index contributed by atoms with van der Waals surface area (Å²) in [6, 6.07) is 2.32. The maximum absolute atomic E-state index is 13.7. The van der Waals surface area contributed by atoms with E-state index in [4.69, 9.17) is 0 Å². The molecule has 1 atom stereocenters. The van der Waals surface area contributed by atoms with Crippen LogP contribution in [0.4, 0.5) is 8.78 Å². The second-order valence-electron chi connectivity index (χ2n) is 3.77. The molecule has 0 aliphatic rings. The molecule has 0 saturated heterocycles. The Balaban J connectivity index is 2.95. The molecule has 4 heteroatoms. The quantitative estimate of drug-likeness (QED) is 0.803. The molecule has 0 heterocycles. The van der Waals surface area contributed by atoms with E-state index in [1.54, 1.807) is 7.05 Å². The summed E-state index contributed by atoms with van der Waals surface area (Å²) in [5.41, 5.74) is 0.400. The monoisotopic (exact) mass is 291 g/mol. The van der Waals surface area contributed by atoms with E-state index in [0.29, 0.717) is 5.56 Å². The van der Waals surface area contributed by atoms with Crippen molar-refractivity contribution in [1.82, 2.24) is 5.32 Å². The van der Waals surface area contributed by atoms with E-state index in [0.717, 1.165) is 19.3 Å². The molecule has 0 aliphatic heterocycles. The van der Waals surface area contributed by atoms with E-state index in [9.17, 15) is 8.78 Å². The molecule has 1 rings (SSSR count). The van der Waals surface area contributed by atoms with Crippen LogP contribution in [-0.4, -0.2) is 7.05 Å². The van der Waals surface area contributed by atoms with Gasteiger partial charge in [-0.3, -0.25) is 0 Å². The zero-order valence-corrected chi connectivity index (χ0v) is 11.1. The van der Waals surface area contributed by atoms with E-state index < -0.39 is 5.82 Å². The maximum atomic E-state index is 13.7. The second-order valence-corrected chi connectivity index (χ2v) is 4.63. The van der Waals surface area contributed by atoms with Crippen molar-refractivity contribution in [2.75, 3.05) is 7.05 Å². The number of benzene rings is 1. The van der Waals surface area contributed by atoms with Gasteiger partial charge in [0.05, 0.1) is 4.47 Å². The zero-order chi connectivity index (χ0) is 12.1. The highest BCUT2D eigenvalue weighted by Gasteiger charge is 2.16. The van der Waals surface area contributed by atoms with Gasteiger partial charge in [-0.05, 0) is 41.5 Å². The molecule has 1 nitrogen and oxygen atoms in total. The minimum Gasteiger partial charge on any atom is -0.313 e. The standard InChI is InChI=1S/C12H16BrF2N/c1-3-4-5-12(16-2)8-6-11(15)9(13)7-10(8)14/h6-7,12,16H,3-5H2,1-2H3. The minimum atomic E-state index is -0.423. The van der Waals surface area contributed by atoms with Gasteiger partial charge in [0, 0.05) is 11.6 Å². The van der Waals surface area contributed by atoms with E-state index in [1.165, 1.54) is 12.1 Å². The predicted octanol–water partition coefficient (Wildman–Crippen LogP) is 4.18. The summed E-state index contributed by atoms with van der Waals surface area (Å²) in [5, 5.41) is 3.02. The van der Waals surface area contributed by atoms with Crippen molar-refractivity contribution in [2.45, 2.75) is 32.2 Å². The lowest BCUT2D eigenvalue weighted by Crippen LogP contribution is -2.18. The molecule has 1 unspecified atom stereocenters. The SMILES string of the molecule is CCCCC(NC)c1cc(F)c(Br)cc1F. The largest absolute Gasteiger partial charge is 0.313 e. The van der Waals surface area contributed by atoms with Gasteiger partial charge in [-0.1, -0.05) is 19.8 Å². The highest BCUT2D eigenvalue weighted by molar-refractivity contribution is 9.10. The van der Waals surface area contributed by atoms with Crippen LogP contribution in [-0.2, 0) is 0 Å². The fourth-order valence-corrected chi connectivity index (χ4v) is 1.98. The molecular formula is C12H16BrF2N. The summed E-state index contributed by atoms with van der Waals surface area (Å²) in [6.45, 7) is 2.07. The van der Waals surface area contributed by atoms with E-state index >= 15 is 0 Å². The first-order valence-corrected chi connectivity index (χ1v) is 6.21. The van der Waals surface area contributed by atoms with E-state index in [-0.39, 0.29) is 16.3 Å². The van der Waals surface area contributed by atoms with Crippen LogP contribution in [0, 0.1) is 11.6 Å². The summed E-state index contributed by atoms with van der Waals surface area (Å²) >= 11 is 2.97. The van der Waals surface area contributed by atoms with Crippen LogP contribution in [0.25, 0.3) is 0 Å². The van der Waals surface area contributed by atoms with Crippen molar-refractivity contribution in [3.63, 3.8) is 0 Å². The van der Waals surface area contributed by atoms with Crippen molar-refractivity contribution in [1.29, 1.82) is 0 Å². The molecule has 0 amide bonds. The number of nitrogens with one attached hydrogen (secondary N) is 1. The van der Waals surface area contributed by atoms with Crippen LogP contribution in [0.15, 0.2) is 16.6 Å². The lowest BCUT2D eigenvalue weighted by atomic mass is 10.0. The molecule has 1 aromatic carbocycles. The van der Waals surface area contributed by atoms with Crippen molar-refractivity contribution in [3.05, 3.63) is 33.8 Å². The van der Waals surface area contributed by atoms with Gasteiger partial charge < -0.3 is 5.32 Å². The van der Waals surface area contributed by atoms with Gasteiger partial charge in [-0.25, -0.2) is 8.78 Å². The summed E-state index contributed by atoms with van der Waals surface area (Å²) in [4.78, 5) is 0. The minimum absolute atomic E-state index is 0.123. The fraction of sp³-hybridized carbons (Fsp3) is 0.500. The average molecular weight is 292 g/mol. The molecule has 1 N–H and O–H groups in total. The number of halogens is 3. The summed E-state index contributed by atoms with van der Waals surface area (Å²) in [6.07, 6.45) is 2.84. The van der Waals surface area contributed by atoms with Gasteiger partial charge in [0.1, 0.15) is 11.6 Å². The van der Waals surface area contributed by atoms with Crippen molar-refractivity contribution < 1.29 is 8.78 Å². The molecule has 0 fully saturated rings. The van der Waals surface area contributed by atoms with Crippen molar-refractivity contribution >= 4 is 15.9 Å². The van der Waals surface area contributed by atoms with Gasteiger partial charge in [0.25, 0.3) is 0 Å². The summed E-state index contributed by atoms with van der Waals surface area (Å²) in [7, 11) is 1.76. The van der Waals surface area contributed by atoms with Gasteiger partial charge in [-0.15, -0.1) is 0 Å². The number of unbranched alkanes of at least 4 members (excludes halogenated alkanes) is 1. The normalized spacial score (nSPS) is 12.8. The van der Waals surface area contributed by atoms with Crippen molar-refractivity contribution in [2.24, 2.45) is 0 Å². The van der Waals surface area contributed by atoms with Crippen LogP contribution in [0.3, 0.4) is 0 Å². The molecule has 0 aliphatic carbocycles. The first-order valence-electron chi connectivity index (χ1n) is 5.41. The van der Waals surface area contributed by atoms with E-state index in [1.807, 2.05) is 0 Å². The molecule has 0 spiro atoms. The average Bonchev–Trinajstić information content (AvgIpc) is 2.26. The molecule has 0 radical (unpaired) electrons. The van der Waals surface area contributed by atoms with Crippen molar-refractivity contribution in [3.8, 4) is 0 Å². The highest BCUT2D eigenvalue weighted by atomic mass is 79.9. The Kier molecular flexibility index (Phi) is 5.35. The molecule has 0 saturated carbocycles. The topological polar surface area (TPSA) is 12.0 Å². The number of rotatable bonds is 5. The third-order valence-corrected chi connectivity index (χ3v) is 3.22. The lowest BCUT2D eigenvalue weighted by Gasteiger charge is -2.17. The number of hydrogen-bond acceptors (Lipinski definition) is 1. The molecule has 16 heavy (non-hydrogen) atoms. The first kappa shape index (κ1) is 13.6. The van der Waals surface area contributed by atoms with Crippen LogP contribution in [0.5, 0.6) is 0 Å². The Bertz CT molecular complexity index is 355. The summed E-state index contributed by atoms with van der Waals surface area (Å²) < 4.78 is 27.2. The third kappa shape index (κ3) is 3.25. The molecule has 90 valence electrons. The van der Waals surface area contributed by atoms with Crippen LogP contribution < -0.4 is 5.32 Å². The first-order chi connectivity index (χ1) is 7.60. The Labute approximate surface area is 103 Å². The van der Waals surface area contributed by atoms with Crippen LogP contribution >= 0.6 is 15.9 Å². The molecule has 1 aromatic rings. The predicted molar refractivity (Wildman–Crippen MR) is 65.4 cm³/mol. The van der Waals surface area contributed by atoms with Gasteiger partial charge >= 0.3 is 0 Å². The smallest absolute Gasteiger partial charge is 0.137 e. The Morgan fingerprint density at radius 1 is 1.31 bits per heavy atom.